The Hall–Kier alpha value is -3.72. The van der Waals surface area contributed by atoms with E-state index in [1.165, 1.54) is 18.0 Å². The van der Waals surface area contributed by atoms with Crippen molar-refractivity contribution in [1.82, 2.24) is 20.0 Å². The molecule has 1 saturated heterocycles. The fourth-order valence-corrected chi connectivity index (χ4v) is 3.51. The Morgan fingerprint density at radius 3 is 2.73 bits per heavy atom. The first-order valence-electron chi connectivity index (χ1n) is 9.35. The molecule has 9 nitrogen and oxygen atoms in total. The molecule has 0 bridgehead atoms. The van der Waals surface area contributed by atoms with Gasteiger partial charge in [-0.2, -0.15) is 5.10 Å². The maximum Gasteiger partial charge on any atom is 0.325 e. The van der Waals surface area contributed by atoms with Crippen molar-refractivity contribution in [3.63, 3.8) is 0 Å². The number of carbonyl (C=O) groups is 3. The Balaban J connectivity index is 1.50. The SMILES string of the molecule is COCn1cc(NC(=O)CN2C(=O)NC(C)(c3ccc4ccccc4c3)C2=O)cn1. The topological polar surface area (TPSA) is 106 Å². The van der Waals surface area contributed by atoms with Gasteiger partial charge in [-0.15, -0.1) is 0 Å². The lowest BCUT2D eigenvalue weighted by molar-refractivity contribution is -0.133. The molecular formula is C21H21N5O4. The highest BCUT2D eigenvalue weighted by atomic mass is 16.5. The summed E-state index contributed by atoms with van der Waals surface area (Å²) >= 11 is 0. The number of methoxy groups -OCH3 is 1. The van der Waals surface area contributed by atoms with Gasteiger partial charge in [0, 0.05) is 7.11 Å². The largest absolute Gasteiger partial charge is 0.362 e. The number of imide groups is 1. The van der Waals surface area contributed by atoms with Crippen molar-refractivity contribution in [2.24, 2.45) is 0 Å². The molecule has 0 radical (unpaired) electrons. The van der Waals surface area contributed by atoms with Crippen molar-refractivity contribution < 1.29 is 19.1 Å². The molecule has 3 aromatic rings. The van der Waals surface area contributed by atoms with Crippen molar-refractivity contribution in [2.45, 2.75) is 19.2 Å². The van der Waals surface area contributed by atoms with Crippen molar-refractivity contribution >= 4 is 34.3 Å². The van der Waals surface area contributed by atoms with E-state index in [2.05, 4.69) is 15.7 Å². The second kappa shape index (κ2) is 7.60. The summed E-state index contributed by atoms with van der Waals surface area (Å²) in [5.74, 6) is -0.980. The van der Waals surface area contributed by atoms with Crippen LogP contribution in [0.1, 0.15) is 12.5 Å². The number of urea groups is 1. The Morgan fingerprint density at radius 1 is 1.20 bits per heavy atom. The van der Waals surface area contributed by atoms with Gasteiger partial charge in [-0.3, -0.25) is 14.5 Å². The number of rotatable bonds is 6. The van der Waals surface area contributed by atoms with Crippen LogP contribution in [0.5, 0.6) is 0 Å². The summed E-state index contributed by atoms with van der Waals surface area (Å²) in [6.45, 7) is 1.49. The summed E-state index contributed by atoms with van der Waals surface area (Å²) in [5.41, 5.74) is -0.144. The van der Waals surface area contributed by atoms with E-state index in [-0.39, 0.29) is 6.73 Å². The van der Waals surface area contributed by atoms with E-state index in [4.69, 9.17) is 4.74 Å². The van der Waals surface area contributed by atoms with Crippen LogP contribution in [0.4, 0.5) is 10.5 Å². The van der Waals surface area contributed by atoms with Crippen LogP contribution in [-0.2, 0) is 26.6 Å². The average Bonchev–Trinajstić information content (AvgIpc) is 3.25. The molecule has 4 amide bonds. The van der Waals surface area contributed by atoms with Gasteiger partial charge >= 0.3 is 6.03 Å². The number of carbonyl (C=O) groups excluding carboxylic acids is 3. The highest BCUT2D eigenvalue weighted by Crippen LogP contribution is 2.31. The lowest BCUT2D eigenvalue weighted by atomic mass is 9.90. The smallest absolute Gasteiger partial charge is 0.325 e. The monoisotopic (exact) mass is 407 g/mol. The maximum atomic E-state index is 13.1. The van der Waals surface area contributed by atoms with Crippen LogP contribution in [0.25, 0.3) is 10.8 Å². The summed E-state index contributed by atoms with van der Waals surface area (Å²) < 4.78 is 6.46. The molecule has 1 unspecified atom stereocenters. The molecule has 1 fully saturated rings. The second-order valence-electron chi connectivity index (χ2n) is 7.24. The van der Waals surface area contributed by atoms with Crippen molar-refractivity contribution in [2.75, 3.05) is 19.0 Å². The first-order chi connectivity index (χ1) is 14.4. The summed E-state index contributed by atoms with van der Waals surface area (Å²) in [4.78, 5) is 38.9. The molecule has 0 aliphatic carbocycles. The molecule has 2 N–H and O–H groups in total. The van der Waals surface area contributed by atoms with E-state index in [0.717, 1.165) is 15.7 Å². The van der Waals surface area contributed by atoms with Gasteiger partial charge in [-0.05, 0) is 29.3 Å². The van der Waals surface area contributed by atoms with E-state index in [1.54, 1.807) is 13.1 Å². The molecular weight excluding hydrogens is 386 g/mol. The van der Waals surface area contributed by atoms with Crippen LogP contribution in [0.2, 0.25) is 0 Å². The van der Waals surface area contributed by atoms with E-state index in [0.29, 0.717) is 11.3 Å². The first kappa shape index (κ1) is 19.6. The summed E-state index contributed by atoms with van der Waals surface area (Å²) in [6, 6.07) is 12.7. The van der Waals surface area contributed by atoms with E-state index < -0.39 is 29.9 Å². The lowest BCUT2D eigenvalue weighted by Crippen LogP contribution is -2.42. The molecule has 1 aliphatic rings. The van der Waals surface area contributed by atoms with Crippen LogP contribution >= 0.6 is 0 Å². The van der Waals surface area contributed by atoms with Gasteiger partial charge in [-0.1, -0.05) is 36.4 Å². The number of amides is 4. The standard InChI is InChI=1S/C21H21N5O4/c1-21(16-8-7-14-5-3-4-6-15(14)9-16)19(28)26(20(29)24-21)12-18(27)23-17-10-22-25(11-17)13-30-2/h3-11H,12-13H2,1-2H3,(H,23,27)(H,24,29). The third-order valence-electron chi connectivity index (χ3n) is 5.08. The Labute approximate surface area is 172 Å². The van der Waals surface area contributed by atoms with Crippen molar-refractivity contribution in [3.05, 3.63) is 60.4 Å². The normalized spacial score (nSPS) is 18.7. The summed E-state index contributed by atoms with van der Waals surface area (Å²) in [7, 11) is 1.53. The molecule has 2 aromatic carbocycles. The van der Waals surface area contributed by atoms with Crippen LogP contribution in [0, 0.1) is 0 Å². The number of hydrogen-bond acceptors (Lipinski definition) is 5. The Bertz CT molecular complexity index is 1140. The number of nitrogens with zero attached hydrogens (tertiary/aromatic N) is 3. The first-order valence-corrected chi connectivity index (χ1v) is 9.35. The number of nitrogens with one attached hydrogen (secondary N) is 2. The zero-order valence-corrected chi connectivity index (χ0v) is 16.6. The minimum absolute atomic E-state index is 0.243. The summed E-state index contributed by atoms with van der Waals surface area (Å²) in [5, 5.41) is 11.4. The number of anilines is 1. The molecule has 9 heteroatoms. The van der Waals surface area contributed by atoms with Gasteiger partial charge in [0.15, 0.2) is 0 Å². The quantitative estimate of drug-likeness (QED) is 0.609. The van der Waals surface area contributed by atoms with Gasteiger partial charge in [-0.25, -0.2) is 9.48 Å². The molecule has 2 heterocycles. The van der Waals surface area contributed by atoms with Gasteiger partial charge in [0.25, 0.3) is 5.91 Å². The second-order valence-corrected chi connectivity index (χ2v) is 7.24. The molecule has 154 valence electrons. The molecule has 0 saturated carbocycles. The van der Waals surface area contributed by atoms with Crippen molar-refractivity contribution in [1.29, 1.82) is 0 Å². The third kappa shape index (κ3) is 3.50. The predicted octanol–water partition coefficient (Wildman–Crippen LogP) is 2.05. The van der Waals surface area contributed by atoms with Crippen LogP contribution < -0.4 is 10.6 Å². The molecule has 1 aromatic heterocycles. The van der Waals surface area contributed by atoms with Crippen LogP contribution in [0.3, 0.4) is 0 Å². The van der Waals surface area contributed by atoms with Crippen LogP contribution in [0.15, 0.2) is 54.9 Å². The molecule has 4 rings (SSSR count). The molecule has 1 aliphatic heterocycles. The number of hydrogen-bond donors (Lipinski definition) is 2. The number of fused-ring (bicyclic) bond motifs is 1. The van der Waals surface area contributed by atoms with Crippen LogP contribution in [-0.4, -0.2) is 46.2 Å². The Morgan fingerprint density at radius 2 is 1.97 bits per heavy atom. The summed E-state index contributed by atoms with van der Waals surface area (Å²) in [6.07, 6.45) is 3.05. The third-order valence-corrected chi connectivity index (χ3v) is 5.08. The molecule has 1 atom stereocenters. The van der Waals surface area contributed by atoms with Gasteiger partial charge < -0.3 is 15.4 Å². The number of ether oxygens (including phenoxy) is 1. The zero-order chi connectivity index (χ0) is 21.3. The lowest BCUT2D eigenvalue weighted by Gasteiger charge is -2.22. The highest BCUT2D eigenvalue weighted by Gasteiger charge is 2.49. The zero-order valence-electron chi connectivity index (χ0n) is 16.6. The minimum Gasteiger partial charge on any atom is -0.362 e. The number of benzene rings is 2. The Kier molecular flexibility index (Phi) is 4.96. The fourth-order valence-electron chi connectivity index (χ4n) is 3.51. The van der Waals surface area contributed by atoms with E-state index >= 15 is 0 Å². The molecule has 0 spiro atoms. The van der Waals surface area contributed by atoms with Gasteiger partial charge in [0.2, 0.25) is 5.91 Å². The maximum absolute atomic E-state index is 13.1. The minimum atomic E-state index is -1.25. The fraction of sp³-hybridized carbons (Fsp3) is 0.238. The van der Waals surface area contributed by atoms with Crippen molar-refractivity contribution in [3.8, 4) is 0 Å². The highest BCUT2D eigenvalue weighted by molar-refractivity contribution is 6.10. The molecule has 30 heavy (non-hydrogen) atoms. The average molecular weight is 407 g/mol. The predicted molar refractivity (Wildman–Crippen MR) is 109 cm³/mol. The van der Waals surface area contributed by atoms with Gasteiger partial charge in [0.1, 0.15) is 18.8 Å². The van der Waals surface area contributed by atoms with E-state index in [1.807, 2.05) is 42.5 Å². The number of aromatic nitrogens is 2. The van der Waals surface area contributed by atoms with E-state index in [9.17, 15) is 14.4 Å². The van der Waals surface area contributed by atoms with Gasteiger partial charge in [0.05, 0.1) is 18.1 Å².